The van der Waals surface area contributed by atoms with Crippen molar-refractivity contribution in [1.29, 1.82) is 0 Å². The van der Waals surface area contributed by atoms with E-state index in [0.717, 1.165) is 11.3 Å². The Bertz CT molecular complexity index is 1010. The highest BCUT2D eigenvalue weighted by molar-refractivity contribution is 7.90. The molecule has 0 radical (unpaired) electrons. The van der Waals surface area contributed by atoms with E-state index < -0.39 is 21.8 Å². The van der Waals surface area contributed by atoms with Crippen molar-refractivity contribution in [3.8, 4) is 5.75 Å². The van der Waals surface area contributed by atoms with Crippen molar-refractivity contribution in [2.75, 3.05) is 5.32 Å². The topological polar surface area (TPSA) is 98.2 Å². The van der Waals surface area contributed by atoms with Gasteiger partial charge < -0.3 is 4.74 Å². The second-order valence-electron chi connectivity index (χ2n) is 5.64. The molecule has 27 heavy (non-hydrogen) atoms. The molecule has 0 aliphatic carbocycles. The first-order valence-corrected chi connectivity index (χ1v) is 10.5. The van der Waals surface area contributed by atoms with Gasteiger partial charge in [0.2, 0.25) is 5.13 Å². The Morgan fingerprint density at radius 2 is 1.70 bits per heavy atom. The number of carbonyl (C=O) groups excluding carboxylic acids is 1. The fourth-order valence-corrected chi connectivity index (χ4v) is 4.56. The number of aromatic nitrogens is 2. The predicted molar refractivity (Wildman–Crippen MR) is 102 cm³/mol. The summed E-state index contributed by atoms with van der Waals surface area (Å²) >= 11 is 1.02. The Hall–Kier alpha value is -2.78. The van der Waals surface area contributed by atoms with Crippen molar-refractivity contribution in [2.45, 2.75) is 23.7 Å². The molecule has 0 spiro atoms. The number of hydrogen-bond acceptors (Lipinski definition) is 7. The normalized spacial score (nSPS) is 12.3. The van der Waals surface area contributed by atoms with Crippen LogP contribution in [0.1, 0.15) is 11.9 Å². The number of sulfone groups is 1. The van der Waals surface area contributed by atoms with E-state index in [1.807, 2.05) is 18.2 Å². The van der Waals surface area contributed by atoms with Crippen LogP contribution in [0.25, 0.3) is 0 Å². The molecular weight excluding hydrogens is 386 g/mol. The lowest BCUT2D eigenvalue weighted by atomic mass is 10.3. The summed E-state index contributed by atoms with van der Waals surface area (Å²) in [6.07, 6.45) is -0.743. The monoisotopic (exact) mass is 403 g/mol. The van der Waals surface area contributed by atoms with Gasteiger partial charge >= 0.3 is 0 Å². The molecule has 3 rings (SSSR count). The Morgan fingerprint density at radius 1 is 1.07 bits per heavy atom. The van der Waals surface area contributed by atoms with Crippen LogP contribution in [0.2, 0.25) is 0 Å². The Kier molecular flexibility index (Phi) is 5.82. The summed E-state index contributed by atoms with van der Waals surface area (Å²) in [4.78, 5) is 12.4. The first-order chi connectivity index (χ1) is 12.9. The van der Waals surface area contributed by atoms with Gasteiger partial charge in [0, 0.05) is 0 Å². The summed E-state index contributed by atoms with van der Waals surface area (Å²) < 4.78 is 30.3. The number of ether oxygens (including phenoxy) is 1. The molecule has 0 saturated carbocycles. The van der Waals surface area contributed by atoms with Gasteiger partial charge in [0.1, 0.15) is 16.5 Å². The lowest BCUT2D eigenvalue weighted by Gasteiger charge is -2.13. The van der Waals surface area contributed by atoms with Gasteiger partial charge in [-0.25, -0.2) is 8.42 Å². The zero-order valence-electron chi connectivity index (χ0n) is 14.4. The molecule has 3 aromatic rings. The highest BCUT2D eigenvalue weighted by atomic mass is 32.2. The van der Waals surface area contributed by atoms with Crippen LogP contribution in [0.3, 0.4) is 0 Å². The van der Waals surface area contributed by atoms with Gasteiger partial charge in [0.05, 0.1) is 4.90 Å². The third kappa shape index (κ3) is 5.11. The lowest BCUT2D eigenvalue weighted by molar-refractivity contribution is -0.122. The van der Waals surface area contributed by atoms with E-state index in [-0.39, 0.29) is 15.8 Å². The maximum absolute atomic E-state index is 12.4. The average Bonchev–Trinajstić information content (AvgIpc) is 3.09. The third-order valence-electron chi connectivity index (χ3n) is 3.54. The number of anilines is 1. The number of nitrogens with one attached hydrogen (secondary N) is 1. The Morgan fingerprint density at radius 3 is 2.37 bits per heavy atom. The predicted octanol–water partition coefficient (Wildman–Crippen LogP) is 2.92. The number of nitrogens with zero attached hydrogens (tertiary/aromatic N) is 2. The number of amides is 1. The van der Waals surface area contributed by atoms with Crippen molar-refractivity contribution in [3.63, 3.8) is 0 Å². The minimum Gasteiger partial charge on any atom is -0.481 e. The van der Waals surface area contributed by atoms with Crippen molar-refractivity contribution in [2.24, 2.45) is 0 Å². The van der Waals surface area contributed by atoms with Gasteiger partial charge in [-0.3, -0.25) is 10.1 Å². The molecule has 0 aliphatic rings. The zero-order valence-corrected chi connectivity index (χ0v) is 16.0. The van der Waals surface area contributed by atoms with E-state index in [9.17, 15) is 13.2 Å². The van der Waals surface area contributed by atoms with Crippen LogP contribution >= 0.6 is 11.3 Å². The molecule has 1 heterocycles. The van der Waals surface area contributed by atoms with Gasteiger partial charge in [0.25, 0.3) is 5.91 Å². The molecular formula is C18H17N3O4S2. The van der Waals surface area contributed by atoms with E-state index in [1.54, 1.807) is 37.3 Å². The molecule has 0 bridgehead atoms. The van der Waals surface area contributed by atoms with Crippen LogP contribution in [0.4, 0.5) is 5.13 Å². The first-order valence-electron chi connectivity index (χ1n) is 8.07. The summed E-state index contributed by atoms with van der Waals surface area (Å²) in [6.45, 7) is 1.62. The second kappa shape index (κ2) is 8.28. The first kappa shape index (κ1) is 19.0. The Labute approximate surface area is 161 Å². The van der Waals surface area contributed by atoms with Gasteiger partial charge in [-0.1, -0.05) is 47.7 Å². The SMILES string of the molecule is CC(Oc1ccccc1)C(=O)Nc1nnc(CS(=O)(=O)c2ccccc2)s1. The molecule has 1 aromatic heterocycles. The van der Waals surface area contributed by atoms with Crippen LogP contribution < -0.4 is 10.1 Å². The number of hydrogen-bond donors (Lipinski definition) is 1. The van der Waals surface area contributed by atoms with Crippen molar-refractivity contribution >= 4 is 32.2 Å². The van der Waals surface area contributed by atoms with Crippen LogP contribution in [-0.4, -0.2) is 30.6 Å². The summed E-state index contributed by atoms with van der Waals surface area (Å²) in [5.41, 5.74) is 0. The fourth-order valence-electron chi connectivity index (χ4n) is 2.20. The minimum absolute atomic E-state index is 0.218. The average molecular weight is 403 g/mol. The Balaban J connectivity index is 1.61. The maximum Gasteiger partial charge on any atom is 0.266 e. The van der Waals surface area contributed by atoms with Crippen LogP contribution in [0.5, 0.6) is 5.75 Å². The third-order valence-corrected chi connectivity index (χ3v) is 6.20. The van der Waals surface area contributed by atoms with E-state index >= 15 is 0 Å². The molecule has 1 unspecified atom stereocenters. The van der Waals surface area contributed by atoms with Crippen molar-refractivity contribution in [3.05, 3.63) is 65.7 Å². The number of rotatable bonds is 7. The van der Waals surface area contributed by atoms with Crippen LogP contribution in [0.15, 0.2) is 65.6 Å². The van der Waals surface area contributed by atoms with E-state index in [2.05, 4.69) is 15.5 Å². The molecule has 2 aromatic carbocycles. The van der Waals surface area contributed by atoms with Gasteiger partial charge in [-0.15, -0.1) is 10.2 Å². The summed E-state index contributed by atoms with van der Waals surface area (Å²) in [6, 6.07) is 17.1. The molecule has 7 nitrogen and oxygen atoms in total. The molecule has 0 fully saturated rings. The van der Waals surface area contributed by atoms with Gasteiger partial charge in [-0.05, 0) is 31.2 Å². The quantitative estimate of drug-likeness (QED) is 0.651. The molecule has 1 N–H and O–H groups in total. The second-order valence-corrected chi connectivity index (χ2v) is 8.69. The van der Waals surface area contributed by atoms with Crippen molar-refractivity contribution in [1.82, 2.24) is 10.2 Å². The molecule has 0 aliphatic heterocycles. The maximum atomic E-state index is 12.4. The van der Waals surface area contributed by atoms with Crippen LogP contribution in [-0.2, 0) is 20.4 Å². The highest BCUT2D eigenvalue weighted by Crippen LogP contribution is 2.22. The highest BCUT2D eigenvalue weighted by Gasteiger charge is 2.20. The van der Waals surface area contributed by atoms with Gasteiger partial charge in [0.15, 0.2) is 15.9 Å². The van der Waals surface area contributed by atoms with Gasteiger partial charge in [-0.2, -0.15) is 0 Å². The van der Waals surface area contributed by atoms with E-state index in [0.29, 0.717) is 10.8 Å². The zero-order chi connectivity index (χ0) is 19.3. The summed E-state index contributed by atoms with van der Waals surface area (Å²) in [5, 5.41) is 10.8. The molecule has 1 atom stereocenters. The molecule has 0 saturated heterocycles. The standard InChI is InChI=1S/C18H17N3O4S2/c1-13(25-14-8-4-2-5-9-14)17(22)19-18-21-20-16(26-18)12-27(23,24)15-10-6-3-7-11-15/h2-11,13H,12H2,1H3,(H,19,21,22). The minimum atomic E-state index is -3.51. The largest absolute Gasteiger partial charge is 0.481 e. The molecule has 1 amide bonds. The molecule has 140 valence electrons. The lowest BCUT2D eigenvalue weighted by Crippen LogP contribution is -2.30. The summed E-state index contributed by atoms with van der Waals surface area (Å²) in [5.74, 6) is -0.0970. The summed E-state index contributed by atoms with van der Waals surface area (Å²) in [7, 11) is -3.51. The smallest absolute Gasteiger partial charge is 0.266 e. The molecule has 9 heteroatoms. The van der Waals surface area contributed by atoms with Crippen molar-refractivity contribution < 1.29 is 17.9 Å². The fraction of sp³-hybridized carbons (Fsp3) is 0.167. The van der Waals surface area contributed by atoms with E-state index in [1.165, 1.54) is 12.1 Å². The number of benzene rings is 2. The van der Waals surface area contributed by atoms with E-state index in [4.69, 9.17) is 4.74 Å². The van der Waals surface area contributed by atoms with Crippen LogP contribution in [0, 0.1) is 0 Å². The number of carbonyl (C=O) groups is 1. The number of para-hydroxylation sites is 1.